The quantitative estimate of drug-likeness (QED) is 0.240. The van der Waals surface area contributed by atoms with Gasteiger partial charge in [0.15, 0.2) is 11.6 Å². The molecule has 1 saturated heterocycles. The minimum Gasteiger partial charge on any atom is -0.485 e. The van der Waals surface area contributed by atoms with Crippen molar-refractivity contribution >= 4 is 52.4 Å². The van der Waals surface area contributed by atoms with Gasteiger partial charge >= 0.3 is 0 Å². The van der Waals surface area contributed by atoms with Gasteiger partial charge in [-0.05, 0) is 65.8 Å². The van der Waals surface area contributed by atoms with Crippen LogP contribution in [0.4, 0.5) is 8.78 Å². The molecule has 2 N–H and O–H groups in total. The number of hydrogen-bond donors (Lipinski definition) is 2. The number of ether oxygens (including phenoxy) is 1. The zero-order valence-corrected chi connectivity index (χ0v) is 25.5. The molecule has 2 fully saturated rings. The van der Waals surface area contributed by atoms with Crippen LogP contribution in [0.1, 0.15) is 36.0 Å². The van der Waals surface area contributed by atoms with Crippen LogP contribution in [0.15, 0.2) is 66.2 Å². The van der Waals surface area contributed by atoms with Crippen LogP contribution in [0.5, 0.6) is 5.75 Å². The van der Waals surface area contributed by atoms with Gasteiger partial charge in [-0.25, -0.2) is 8.78 Å². The van der Waals surface area contributed by atoms with Gasteiger partial charge in [-0.15, -0.1) is 0 Å². The van der Waals surface area contributed by atoms with Crippen molar-refractivity contribution in [2.75, 3.05) is 19.7 Å². The van der Waals surface area contributed by atoms with Crippen LogP contribution >= 0.6 is 34.8 Å². The molecule has 1 amide bonds. The van der Waals surface area contributed by atoms with E-state index in [0.717, 1.165) is 65.8 Å². The monoisotopic (exact) mass is 643 g/mol. The van der Waals surface area contributed by atoms with Crippen molar-refractivity contribution in [3.63, 3.8) is 0 Å². The number of rotatable bonds is 9. The molecule has 6 rings (SSSR count). The van der Waals surface area contributed by atoms with E-state index in [-0.39, 0.29) is 41.4 Å². The van der Waals surface area contributed by atoms with Crippen molar-refractivity contribution in [3.05, 3.63) is 110 Å². The normalized spacial score (nSPS) is 20.0. The van der Waals surface area contributed by atoms with Gasteiger partial charge in [-0.2, -0.15) is 0 Å². The van der Waals surface area contributed by atoms with Gasteiger partial charge in [-0.3, -0.25) is 4.79 Å². The van der Waals surface area contributed by atoms with Crippen molar-refractivity contribution in [1.29, 1.82) is 0 Å². The summed E-state index contributed by atoms with van der Waals surface area (Å²) in [7, 11) is 0. The van der Waals surface area contributed by atoms with Crippen LogP contribution in [-0.4, -0.2) is 48.6 Å². The Morgan fingerprint density at radius 2 is 1.74 bits per heavy atom. The molecule has 0 unspecified atom stereocenters. The van der Waals surface area contributed by atoms with Gasteiger partial charge in [0.25, 0.3) is 5.91 Å². The van der Waals surface area contributed by atoms with E-state index in [1.54, 1.807) is 12.1 Å². The van der Waals surface area contributed by atoms with Crippen LogP contribution in [0.25, 0.3) is 11.6 Å². The summed E-state index contributed by atoms with van der Waals surface area (Å²) in [5, 5.41) is 7.71. The zero-order valence-electron chi connectivity index (χ0n) is 23.2. The Hall–Kier alpha value is -2.94. The molecule has 0 radical (unpaired) electrons. The van der Waals surface area contributed by atoms with E-state index in [1.807, 2.05) is 47.4 Å². The van der Waals surface area contributed by atoms with E-state index >= 15 is 0 Å². The zero-order chi connectivity index (χ0) is 30.1. The van der Waals surface area contributed by atoms with Gasteiger partial charge < -0.3 is 20.3 Å². The first kappa shape index (κ1) is 30.1. The molecule has 2 atom stereocenters. The second-order valence-electron chi connectivity index (χ2n) is 11.1. The fraction of sp³-hybridized carbons (Fsp3) is 0.303. The van der Waals surface area contributed by atoms with Crippen molar-refractivity contribution in [1.82, 2.24) is 15.5 Å². The van der Waals surface area contributed by atoms with Crippen LogP contribution in [-0.2, 0) is 11.3 Å². The summed E-state index contributed by atoms with van der Waals surface area (Å²) in [6.07, 6.45) is 6.20. The summed E-state index contributed by atoms with van der Waals surface area (Å²) in [5.74, 6) is -1.75. The SMILES string of the molecule is O=C(C1=C(c2ccc(/C=C\COc3c(F)ccc(F)c3Cl)cc2)C[C@H]2CNC[C@@H]1N2)N(Cc1cccc(Cl)c1Cl)C1CC1. The van der Waals surface area contributed by atoms with Crippen LogP contribution < -0.4 is 15.4 Å². The molecule has 2 heterocycles. The molecule has 3 aliphatic rings. The van der Waals surface area contributed by atoms with E-state index < -0.39 is 11.6 Å². The standard InChI is InChI=1S/C33H30Cl3F2N3O2/c34-25-5-1-4-21(30(25)35)18-41(23-10-11-23)33(42)29-24(15-22-16-39-17-28(29)40-22)20-8-6-19(7-9-20)3-2-14-43-32-27(38)13-12-26(37)31(32)36/h1-9,12-13,22-23,28,39-40H,10-11,14-18H2/b3-2-/t22-,28-/m0/s1. The Labute approximate surface area is 264 Å². The van der Waals surface area contributed by atoms with Crippen molar-refractivity contribution in [3.8, 4) is 5.75 Å². The molecule has 10 heteroatoms. The largest absolute Gasteiger partial charge is 0.485 e. The summed E-state index contributed by atoms with van der Waals surface area (Å²) in [5.41, 5.74) is 4.58. The van der Waals surface area contributed by atoms with E-state index in [2.05, 4.69) is 10.6 Å². The minimum absolute atomic E-state index is 0.0152. The minimum atomic E-state index is -0.740. The maximum Gasteiger partial charge on any atom is 0.252 e. The lowest BCUT2D eigenvalue weighted by atomic mass is 9.83. The number of amides is 1. The first-order valence-corrected chi connectivity index (χ1v) is 15.4. The number of piperazine rings is 1. The maximum absolute atomic E-state index is 14.3. The molecule has 3 aromatic rings. The summed E-state index contributed by atoms with van der Waals surface area (Å²) < 4.78 is 33.0. The predicted molar refractivity (Wildman–Crippen MR) is 167 cm³/mol. The highest BCUT2D eigenvalue weighted by Crippen LogP contribution is 2.38. The lowest BCUT2D eigenvalue weighted by molar-refractivity contribution is -0.128. The lowest BCUT2D eigenvalue weighted by Crippen LogP contribution is -2.60. The number of nitrogens with one attached hydrogen (secondary N) is 2. The van der Waals surface area contributed by atoms with E-state index in [9.17, 15) is 13.6 Å². The van der Waals surface area contributed by atoms with E-state index in [4.69, 9.17) is 39.5 Å². The van der Waals surface area contributed by atoms with Crippen molar-refractivity contribution in [2.24, 2.45) is 0 Å². The second-order valence-corrected chi connectivity index (χ2v) is 12.2. The Morgan fingerprint density at radius 3 is 2.51 bits per heavy atom. The second kappa shape index (κ2) is 13.0. The molecule has 1 saturated carbocycles. The Balaban J connectivity index is 1.23. The topological polar surface area (TPSA) is 53.6 Å². The smallest absolute Gasteiger partial charge is 0.252 e. The maximum atomic E-state index is 14.3. The summed E-state index contributed by atoms with van der Waals surface area (Å²) in [4.78, 5) is 16.3. The molecule has 2 aliphatic heterocycles. The lowest BCUT2D eigenvalue weighted by Gasteiger charge is -2.41. The molecule has 1 aliphatic carbocycles. The number of carbonyl (C=O) groups excluding carboxylic acids is 1. The predicted octanol–water partition coefficient (Wildman–Crippen LogP) is 7.30. The van der Waals surface area contributed by atoms with Crippen LogP contribution in [0.3, 0.4) is 0 Å². The molecule has 0 aromatic heterocycles. The first-order chi connectivity index (χ1) is 20.8. The summed E-state index contributed by atoms with van der Waals surface area (Å²) >= 11 is 18.6. The Kier molecular flexibility index (Phi) is 9.08. The molecule has 3 aromatic carbocycles. The van der Waals surface area contributed by atoms with Crippen molar-refractivity contribution in [2.45, 2.75) is 43.9 Å². The van der Waals surface area contributed by atoms with E-state index in [0.29, 0.717) is 23.1 Å². The van der Waals surface area contributed by atoms with Crippen molar-refractivity contribution < 1.29 is 18.3 Å². The third-order valence-corrected chi connectivity index (χ3v) is 9.26. The summed E-state index contributed by atoms with van der Waals surface area (Å²) in [6, 6.07) is 15.8. The Morgan fingerprint density at radius 1 is 0.977 bits per heavy atom. The Bertz CT molecular complexity index is 1590. The highest BCUT2D eigenvalue weighted by molar-refractivity contribution is 6.42. The van der Waals surface area contributed by atoms with Crippen LogP contribution in [0.2, 0.25) is 15.1 Å². The fourth-order valence-electron chi connectivity index (χ4n) is 5.75. The molecule has 5 nitrogen and oxygen atoms in total. The number of benzene rings is 3. The average molecular weight is 645 g/mol. The number of halogens is 5. The molecule has 224 valence electrons. The fourth-order valence-corrected chi connectivity index (χ4v) is 6.34. The van der Waals surface area contributed by atoms with Gasteiger partial charge in [-0.1, -0.05) is 77.3 Å². The molecular weight excluding hydrogens is 615 g/mol. The number of hydrogen-bond acceptors (Lipinski definition) is 4. The van der Waals surface area contributed by atoms with Crippen LogP contribution in [0, 0.1) is 11.6 Å². The van der Waals surface area contributed by atoms with Gasteiger partial charge in [0.1, 0.15) is 17.4 Å². The number of carbonyl (C=O) groups is 1. The van der Waals surface area contributed by atoms with E-state index in [1.165, 1.54) is 0 Å². The molecule has 2 bridgehead atoms. The van der Waals surface area contributed by atoms with Gasteiger partial charge in [0.2, 0.25) is 0 Å². The van der Waals surface area contributed by atoms with Gasteiger partial charge in [0, 0.05) is 37.3 Å². The number of nitrogens with zero attached hydrogens (tertiary/aromatic N) is 1. The van der Waals surface area contributed by atoms with Gasteiger partial charge in [0.05, 0.1) is 16.1 Å². The average Bonchev–Trinajstić information content (AvgIpc) is 3.85. The molecular formula is C33H30Cl3F2N3O2. The molecule has 0 spiro atoms. The molecule has 43 heavy (non-hydrogen) atoms. The highest BCUT2D eigenvalue weighted by Gasteiger charge is 2.41. The number of fused-ring (bicyclic) bond motifs is 2. The summed E-state index contributed by atoms with van der Waals surface area (Å²) in [6.45, 7) is 1.93. The first-order valence-electron chi connectivity index (χ1n) is 14.3. The third-order valence-electron chi connectivity index (χ3n) is 8.05. The highest BCUT2D eigenvalue weighted by atomic mass is 35.5. The third kappa shape index (κ3) is 6.61.